The molecule has 2 rings (SSSR count). The number of hydrogen-bond donors (Lipinski definition) is 4. The van der Waals surface area contributed by atoms with Crippen LogP contribution in [0.2, 0.25) is 0 Å². The molecule has 0 saturated carbocycles. The highest BCUT2D eigenvalue weighted by Gasteiger charge is 2.48. The van der Waals surface area contributed by atoms with Crippen molar-refractivity contribution in [3.05, 3.63) is 35.5 Å². The summed E-state index contributed by atoms with van der Waals surface area (Å²) in [6.45, 7) is 7.99. The Hall–Kier alpha value is -1.61. The highest BCUT2D eigenvalue weighted by atomic mass is 32.1. The molecule has 6 unspecified atom stereocenters. The summed E-state index contributed by atoms with van der Waals surface area (Å²) < 4.78 is 11.0. The highest BCUT2D eigenvalue weighted by molar-refractivity contribution is 7.81. The molecule has 1 saturated heterocycles. The van der Waals surface area contributed by atoms with Crippen molar-refractivity contribution in [3.8, 4) is 0 Å². The van der Waals surface area contributed by atoms with Gasteiger partial charge in [-0.25, -0.2) is 9.59 Å². The van der Waals surface area contributed by atoms with E-state index in [4.69, 9.17) is 9.47 Å². The summed E-state index contributed by atoms with van der Waals surface area (Å²) >= 11 is 4.07. The lowest BCUT2D eigenvalue weighted by atomic mass is 9.85. The molecule has 6 atom stereocenters. The van der Waals surface area contributed by atoms with E-state index < -0.39 is 53.6 Å². The molecule has 28 heavy (non-hydrogen) atoms. The van der Waals surface area contributed by atoms with Crippen LogP contribution in [0, 0.1) is 5.92 Å². The van der Waals surface area contributed by atoms with Crippen LogP contribution < -0.4 is 0 Å². The smallest absolute Gasteiger partial charge is 0.342 e. The van der Waals surface area contributed by atoms with Crippen LogP contribution in [-0.4, -0.2) is 63.0 Å². The van der Waals surface area contributed by atoms with E-state index in [0.29, 0.717) is 6.42 Å². The maximum absolute atomic E-state index is 12.6. The van der Waals surface area contributed by atoms with Gasteiger partial charge in [0.1, 0.15) is 12.2 Å². The van der Waals surface area contributed by atoms with E-state index >= 15 is 0 Å². The minimum atomic E-state index is -2.19. The molecule has 8 heteroatoms. The van der Waals surface area contributed by atoms with Crippen LogP contribution in [0.1, 0.15) is 33.6 Å². The molecule has 0 spiro atoms. The highest BCUT2D eigenvalue weighted by Crippen LogP contribution is 2.37. The first kappa shape index (κ1) is 22.7. The van der Waals surface area contributed by atoms with Gasteiger partial charge in [-0.05, 0) is 26.3 Å². The molecule has 1 aliphatic heterocycles. The Morgan fingerprint density at radius 1 is 1.39 bits per heavy atom. The average Bonchev–Trinajstić information content (AvgIpc) is 2.85. The lowest BCUT2D eigenvalue weighted by Crippen LogP contribution is -2.52. The second-order valence-electron chi connectivity index (χ2n) is 7.62. The van der Waals surface area contributed by atoms with E-state index in [2.05, 4.69) is 19.2 Å². The van der Waals surface area contributed by atoms with Gasteiger partial charge in [0.25, 0.3) is 0 Å². The lowest BCUT2D eigenvalue weighted by molar-refractivity contribution is -0.177. The number of fused-ring (bicyclic) bond motifs is 1. The fourth-order valence-electron chi connectivity index (χ4n) is 3.48. The normalized spacial score (nSPS) is 31.7. The van der Waals surface area contributed by atoms with Crippen LogP contribution in [-0.2, 0) is 19.1 Å². The van der Waals surface area contributed by atoms with E-state index in [9.17, 15) is 24.9 Å². The lowest BCUT2D eigenvalue weighted by Gasteiger charge is -2.32. The van der Waals surface area contributed by atoms with Crippen LogP contribution in [0.25, 0.3) is 0 Å². The molecule has 0 amide bonds. The van der Waals surface area contributed by atoms with Crippen LogP contribution in [0.15, 0.2) is 35.5 Å². The van der Waals surface area contributed by atoms with Crippen LogP contribution >= 0.6 is 12.6 Å². The minimum Gasteiger partial charge on any atom is -0.459 e. The Kier molecular flexibility index (Phi) is 7.14. The number of aliphatic hydroxyl groups excluding tert-OH is 2. The molecular weight excluding hydrogens is 384 g/mol. The molecular formula is C20H28O7S. The topological polar surface area (TPSA) is 113 Å². The first-order valence-electron chi connectivity index (χ1n) is 9.14. The summed E-state index contributed by atoms with van der Waals surface area (Å²) in [4.78, 5) is 24.8. The molecule has 0 aromatic heterocycles. The van der Waals surface area contributed by atoms with Crippen LogP contribution in [0.3, 0.4) is 0 Å². The number of ether oxygens (including phenoxy) is 2. The summed E-state index contributed by atoms with van der Waals surface area (Å²) in [7, 11) is 0. The van der Waals surface area contributed by atoms with Crippen LogP contribution in [0.5, 0.6) is 0 Å². The van der Waals surface area contributed by atoms with Crippen molar-refractivity contribution in [2.24, 2.45) is 5.92 Å². The fraction of sp³-hybridized carbons (Fsp3) is 0.600. The maximum Gasteiger partial charge on any atom is 0.342 e. The van der Waals surface area contributed by atoms with Crippen LogP contribution in [0.4, 0.5) is 0 Å². The summed E-state index contributed by atoms with van der Waals surface area (Å²) in [6.07, 6.45) is 1.66. The van der Waals surface area contributed by atoms with Crippen molar-refractivity contribution in [1.29, 1.82) is 0 Å². The van der Waals surface area contributed by atoms with Gasteiger partial charge < -0.3 is 24.8 Å². The number of carbonyl (C=O) groups excluding carboxylic acids is 2. The Morgan fingerprint density at radius 3 is 2.57 bits per heavy atom. The van der Waals surface area contributed by atoms with Gasteiger partial charge in [0.05, 0.1) is 18.6 Å². The summed E-state index contributed by atoms with van der Waals surface area (Å²) in [5.74, 6) is -2.27. The predicted molar refractivity (Wildman–Crippen MR) is 106 cm³/mol. The molecule has 156 valence electrons. The molecule has 1 heterocycles. The summed E-state index contributed by atoms with van der Waals surface area (Å²) in [6, 6.07) is 0. The molecule has 3 N–H and O–H groups in total. The van der Waals surface area contributed by atoms with Crippen molar-refractivity contribution < 1.29 is 34.4 Å². The molecule has 2 aliphatic rings. The summed E-state index contributed by atoms with van der Waals surface area (Å²) in [5, 5.41) is 29.2. The molecule has 0 bridgehead atoms. The first-order valence-corrected chi connectivity index (χ1v) is 9.66. The molecule has 1 fully saturated rings. The summed E-state index contributed by atoms with van der Waals surface area (Å²) in [5.41, 5.74) is -0.455. The Bertz CT molecular complexity index is 711. The number of carbonyl (C=O) groups is 2. The number of aliphatic hydroxyl groups is 3. The Labute approximate surface area is 170 Å². The largest absolute Gasteiger partial charge is 0.459 e. The maximum atomic E-state index is 12.6. The zero-order chi connectivity index (χ0) is 21.2. The second-order valence-corrected chi connectivity index (χ2v) is 8.40. The van der Waals surface area contributed by atoms with Crippen molar-refractivity contribution >= 4 is 24.6 Å². The molecule has 1 aliphatic carbocycles. The van der Waals surface area contributed by atoms with Gasteiger partial charge in [0, 0.05) is 17.2 Å². The Morgan fingerprint density at radius 2 is 2.00 bits per heavy atom. The Balaban J connectivity index is 2.43. The third-order valence-corrected chi connectivity index (χ3v) is 5.61. The quantitative estimate of drug-likeness (QED) is 0.237. The van der Waals surface area contributed by atoms with E-state index in [-0.39, 0.29) is 12.0 Å². The standard InChI is InChI=1S/C20H28O7S/c1-10-5-14(22)6-11(2)8-16(17-12(3)18(23)26-15(17)7-10)27-19(24)20(25,9-21)13(4)28/h6-7,13-17,21-22,25,28H,3,5,8-9H2,1-2,4H3. The zero-order valence-electron chi connectivity index (χ0n) is 16.3. The van der Waals surface area contributed by atoms with E-state index in [0.717, 1.165) is 11.1 Å². The van der Waals surface area contributed by atoms with Gasteiger partial charge in [-0.2, -0.15) is 12.6 Å². The average molecular weight is 413 g/mol. The molecule has 0 aromatic carbocycles. The third-order valence-electron chi connectivity index (χ3n) is 5.19. The van der Waals surface area contributed by atoms with Crippen molar-refractivity contribution in [3.63, 3.8) is 0 Å². The van der Waals surface area contributed by atoms with Crippen molar-refractivity contribution in [1.82, 2.24) is 0 Å². The zero-order valence-corrected chi connectivity index (χ0v) is 17.2. The van der Waals surface area contributed by atoms with Gasteiger partial charge in [-0.3, -0.25) is 0 Å². The van der Waals surface area contributed by atoms with E-state index in [1.54, 1.807) is 19.1 Å². The molecule has 0 aromatic rings. The monoisotopic (exact) mass is 412 g/mol. The van der Waals surface area contributed by atoms with E-state index in [1.807, 2.05) is 6.92 Å². The second kappa shape index (κ2) is 8.82. The fourth-order valence-corrected chi connectivity index (χ4v) is 3.67. The van der Waals surface area contributed by atoms with E-state index in [1.165, 1.54) is 6.92 Å². The predicted octanol–water partition coefficient (Wildman–Crippen LogP) is 1.08. The minimum absolute atomic E-state index is 0.173. The van der Waals surface area contributed by atoms with Gasteiger partial charge in [-0.1, -0.05) is 30.7 Å². The van der Waals surface area contributed by atoms with Gasteiger partial charge in [0.15, 0.2) is 5.60 Å². The number of thiol groups is 1. The molecule has 7 nitrogen and oxygen atoms in total. The number of esters is 2. The third kappa shape index (κ3) is 4.68. The van der Waals surface area contributed by atoms with Crippen molar-refractivity contribution in [2.45, 2.75) is 62.8 Å². The van der Waals surface area contributed by atoms with Gasteiger partial charge in [-0.15, -0.1) is 0 Å². The van der Waals surface area contributed by atoms with Gasteiger partial charge >= 0.3 is 11.9 Å². The SMILES string of the molecule is C=C1C(=O)OC2C=C(C)CC(O)C=C(C)CC(OC(=O)C(O)(CO)C(C)S)C12. The first-order chi connectivity index (χ1) is 13.0. The van der Waals surface area contributed by atoms with Crippen molar-refractivity contribution in [2.75, 3.05) is 6.61 Å². The molecule has 0 radical (unpaired) electrons. The number of hydrogen-bond acceptors (Lipinski definition) is 8. The van der Waals surface area contributed by atoms with Gasteiger partial charge in [0.2, 0.25) is 0 Å². The number of rotatable bonds is 4.